The Morgan fingerprint density at radius 3 is 2.61 bits per heavy atom. The van der Waals surface area contributed by atoms with Crippen molar-refractivity contribution in [3.63, 3.8) is 0 Å². The minimum absolute atomic E-state index is 0.214. The van der Waals surface area contributed by atoms with Crippen molar-refractivity contribution in [1.29, 1.82) is 0 Å². The molecule has 23 heavy (non-hydrogen) atoms. The molecule has 0 aliphatic carbocycles. The molecule has 1 saturated heterocycles. The molecular weight excluding hydrogens is 292 g/mol. The Hall–Kier alpha value is -1.07. The number of hydrogen-bond donors (Lipinski definition) is 1. The molecule has 0 radical (unpaired) electrons. The molecule has 0 aromatic carbocycles. The molecule has 1 aliphatic heterocycles. The Kier molecular flexibility index (Phi) is 8.63. The molecule has 0 saturated carbocycles. The molecule has 0 aromatic heterocycles. The van der Waals surface area contributed by atoms with Crippen molar-refractivity contribution in [3.8, 4) is 0 Å². The summed E-state index contributed by atoms with van der Waals surface area (Å²) >= 11 is 0. The monoisotopic (exact) mass is 326 g/mol. The number of hydrogen-bond acceptors (Lipinski definition) is 4. The third-order valence-corrected chi connectivity index (χ3v) is 3.85. The molecule has 5 nitrogen and oxygen atoms in total. The molecule has 1 N–H and O–H groups in total. The van der Waals surface area contributed by atoms with Gasteiger partial charge >= 0.3 is 6.09 Å². The quantitative estimate of drug-likeness (QED) is 0.549. The highest BCUT2D eigenvalue weighted by Gasteiger charge is 2.26. The van der Waals surface area contributed by atoms with Crippen LogP contribution in [0.5, 0.6) is 0 Å². The van der Waals surface area contributed by atoms with Gasteiger partial charge in [-0.15, -0.1) is 6.58 Å². The van der Waals surface area contributed by atoms with E-state index in [0.717, 1.165) is 38.8 Å². The first-order valence-electron chi connectivity index (χ1n) is 8.75. The van der Waals surface area contributed by atoms with Crippen molar-refractivity contribution in [2.45, 2.75) is 71.1 Å². The summed E-state index contributed by atoms with van der Waals surface area (Å²) in [7, 11) is 0. The molecule has 0 bridgehead atoms. The molecule has 0 aromatic rings. The zero-order valence-electron chi connectivity index (χ0n) is 15.3. The van der Waals surface area contributed by atoms with Crippen molar-refractivity contribution >= 4 is 6.09 Å². The first-order valence-corrected chi connectivity index (χ1v) is 8.75. The van der Waals surface area contributed by atoms with Gasteiger partial charge in [-0.1, -0.05) is 6.08 Å². The van der Waals surface area contributed by atoms with Crippen molar-refractivity contribution in [2.75, 3.05) is 26.2 Å². The van der Waals surface area contributed by atoms with Crippen LogP contribution in [0.1, 0.15) is 53.4 Å². The summed E-state index contributed by atoms with van der Waals surface area (Å²) in [6.45, 7) is 14.6. The number of carbonyl (C=O) groups is 1. The van der Waals surface area contributed by atoms with Gasteiger partial charge in [-0.05, 0) is 53.4 Å². The van der Waals surface area contributed by atoms with Crippen molar-refractivity contribution in [3.05, 3.63) is 12.7 Å². The Bertz CT molecular complexity index is 358. The summed E-state index contributed by atoms with van der Waals surface area (Å²) in [4.78, 5) is 13.8. The van der Waals surface area contributed by atoms with Gasteiger partial charge in [-0.3, -0.25) is 0 Å². The van der Waals surface area contributed by atoms with E-state index in [1.165, 1.54) is 0 Å². The zero-order valence-corrected chi connectivity index (χ0v) is 15.3. The van der Waals surface area contributed by atoms with Crippen LogP contribution in [-0.4, -0.2) is 55.0 Å². The third-order valence-electron chi connectivity index (χ3n) is 3.85. The fraction of sp³-hybridized carbons (Fsp3) is 0.833. The van der Waals surface area contributed by atoms with Crippen molar-refractivity contribution in [2.24, 2.45) is 0 Å². The van der Waals surface area contributed by atoms with Crippen LogP contribution in [0.4, 0.5) is 4.79 Å². The molecule has 1 aliphatic rings. The number of likely N-dealkylation sites (tertiary alicyclic amines) is 1. The van der Waals surface area contributed by atoms with Crippen LogP contribution in [0.3, 0.4) is 0 Å². The molecule has 0 spiro atoms. The second-order valence-electron chi connectivity index (χ2n) is 7.26. The van der Waals surface area contributed by atoms with Crippen LogP contribution in [-0.2, 0) is 9.47 Å². The van der Waals surface area contributed by atoms with E-state index in [0.29, 0.717) is 19.1 Å². The van der Waals surface area contributed by atoms with Crippen molar-refractivity contribution < 1.29 is 14.3 Å². The second kappa shape index (κ2) is 9.93. The maximum absolute atomic E-state index is 12.0. The van der Waals surface area contributed by atoms with Gasteiger partial charge < -0.3 is 19.7 Å². The Morgan fingerprint density at radius 2 is 2.04 bits per heavy atom. The minimum Gasteiger partial charge on any atom is -0.444 e. The molecule has 134 valence electrons. The Morgan fingerprint density at radius 1 is 1.39 bits per heavy atom. The molecule has 1 fully saturated rings. The van der Waals surface area contributed by atoms with Crippen LogP contribution in [0.15, 0.2) is 12.7 Å². The topological polar surface area (TPSA) is 50.8 Å². The smallest absolute Gasteiger partial charge is 0.410 e. The number of nitrogens with one attached hydrogen (secondary N) is 1. The van der Waals surface area contributed by atoms with Gasteiger partial charge in [0, 0.05) is 25.7 Å². The summed E-state index contributed by atoms with van der Waals surface area (Å²) in [5.41, 5.74) is -0.432. The van der Waals surface area contributed by atoms with E-state index < -0.39 is 5.60 Å². The van der Waals surface area contributed by atoms with Gasteiger partial charge in [0.2, 0.25) is 0 Å². The minimum atomic E-state index is -0.432. The number of allylic oxidation sites excluding steroid dienone is 1. The molecule has 5 heteroatoms. The molecule has 1 unspecified atom stereocenters. The van der Waals surface area contributed by atoms with Crippen LogP contribution < -0.4 is 5.32 Å². The molecule has 1 heterocycles. The van der Waals surface area contributed by atoms with Crippen LogP contribution in [0.25, 0.3) is 0 Å². The fourth-order valence-corrected chi connectivity index (χ4v) is 2.53. The maximum atomic E-state index is 12.0. The zero-order chi connectivity index (χ0) is 17.3. The first-order chi connectivity index (χ1) is 10.8. The Labute approximate surface area is 141 Å². The van der Waals surface area contributed by atoms with Gasteiger partial charge in [0.15, 0.2) is 0 Å². The van der Waals surface area contributed by atoms with E-state index in [4.69, 9.17) is 9.47 Å². The van der Waals surface area contributed by atoms with Crippen LogP contribution >= 0.6 is 0 Å². The van der Waals surface area contributed by atoms with Crippen LogP contribution in [0, 0.1) is 0 Å². The van der Waals surface area contributed by atoms with Gasteiger partial charge in [0.1, 0.15) is 5.60 Å². The van der Waals surface area contributed by atoms with Gasteiger partial charge in [-0.2, -0.15) is 0 Å². The number of ether oxygens (including phenoxy) is 2. The lowest BCUT2D eigenvalue weighted by molar-refractivity contribution is -0.0107. The average Bonchev–Trinajstić information content (AvgIpc) is 2.48. The van der Waals surface area contributed by atoms with Gasteiger partial charge in [-0.25, -0.2) is 4.79 Å². The number of piperidine rings is 1. The number of rotatable bonds is 8. The van der Waals surface area contributed by atoms with E-state index in [9.17, 15) is 4.79 Å². The number of carbonyl (C=O) groups excluding carboxylic acids is 1. The molecule has 1 amide bonds. The predicted molar refractivity (Wildman–Crippen MR) is 93.7 cm³/mol. The van der Waals surface area contributed by atoms with E-state index in [1.54, 1.807) is 4.90 Å². The summed E-state index contributed by atoms with van der Waals surface area (Å²) in [6.07, 6.45) is 5.90. The number of amides is 1. The lowest BCUT2D eigenvalue weighted by Gasteiger charge is -2.33. The largest absolute Gasteiger partial charge is 0.444 e. The second-order valence-corrected chi connectivity index (χ2v) is 7.26. The maximum Gasteiger partial charge on any atom is 0.410 e. The summed E-state index contributed by atoms with van der Waals surface area (Å²) in [5.74, 6) is 0. The lowest BCUT2D eigenvalue weighted by Crippen LogP contribution is -2.43. The first kappa shape index (κ1) is 20.0. The summed E-state index contributed by atoms with van der Waals surface area (Å²) in [5, 5.41) is 3.45. The SMILES string of the molecule is C=CCCC(C)NCCOC1CCN(C(=O)OC(C)(C)C)CC1. The highest BCUT2D eigenvalue weighted by molar-refractivity contribution is 5.68. The van der Waals surface area contributed by atoms with E-state index in [2.05, 4.69) is 18.8 Å². The average molecular weight is 326 g/mol. The third kappa shape index (κ3) is 8.96. The standard InChI is InChI=1S/C18H34N2O3/c1-6-7-8-15(2)19-11-14-22-16-9-12-20(13-10-16)17(21)23-18(3,4)5/h6,15-16,19H,1,7-14H2,2-5H3. The highest BCUT2D eigenvalue weighted by atomic mass is 16.6. The predicted octanol–water partition coefficient (Wildman–Crippen LogP) is 3.35. The van der Waals surface area contributed by atoms with Crippen LogP contribution in [0.2, 0.25) is 0 Å². The summed E-state index contributed by atoms with van der Waals surface area (Å²) in [6, 6.07) is 0.491. The highest BCUT2D eigenvalue weighted by Crippen LogP contribution is 2.17. The molecule has 1 atom stereocenters. The summed E-state index contributed by atoms with van der Waals surface area (Å²) < 4.78 is 11.3. The molecule has 1 rings (SSSR count). The van der Waals surface area contributed by atoms with E-state index in [1.807, 2.05) is 26.8 Å². The molecular formula is C18H34N2O3. The number of nitrogens with zero attached hydrogens (tertiary/aromatic N) is 1. The van der Waals surface area contributed by atoms with Gasteiger partial charge in [0.25, 0.3) is 0 Å². The van der Waals surface area contributed by atoms with E-state index in [-0.39, 0.29) is 12.2 Å². The lowest BCUT2D eigenvalue weighted by atomic mass is 10.1. The van der Waals surface area contributed by atoms with Gasteiger partial charge in [0.05, 0.1) is 12.7 Å². The fourth-order valence-electron chi connectivity index (χ4n) is 2.53. The van der Waals surface area contributed by atoms with Crippen molar-refractivity contribution in [1.82, 2.24) is 10.2 Å². The normalized spacial score (nSPS) is 17.8. The Balaban J connectivity index is 2.12. The van der Waals surface area contributed by atoms with E-state index >= 15 is 0 Å².